The Kier molecular flexibility index (Phi) is 5.41. The van der Waals surface area contributed by atoms with Crippen molar-refractivity contribution in [3.63, 3.8) is 0 Å². The minimum Gasteiger partial charge on any atom is -0.356 e. The molecule has 6 heteroatoms. The Morgan fingerprint density at radius 3 is 2.82 bits per heavy atom. The lowest BCUT2D eigenvalue weighted by Crippen LogP contribution is -2.40. The van der Waals surface area contributed by atoms with E-state index in [-0.39, 0.29) is 17.7 Å². The first-order valence-electron chi connectivity index (χ1n) is 9.43. The average molecular weight is 394 g/mol. The summed E-state index contributed by atoms with van der Waals surface area (Å²) in [7, 11) is 0. The van der Waals surface area contributed by atoms with Crippen LogP contribution in [0.15, 0.2) is 54.0 Å². The van der Waals surface area contributed by atoms with Gasteiger partial charge in [-0.05, 0) is 42.0 Å². The fourth-order valence-electron chi connectivity index (χ4n) is 3.68. The molecular formula is C22H23N3O2S. The van der Waals surface area contributed by atoms with Crippen molar-refractivity contribution >= 4 is 23.0 Å². The van der Waals surface area contributed by atoms with E-state index in [1.165, 1.54) is 22.9 Å². The molecule has 1 aromatic carbocycles. The van der Waals surface area contributed by atoms with Gasteiger partial charge in [0, 0.05) is 36.3 Å². The summed E-state index contributed by atoms with van der Waals surface area (Å²) in [6, 6.07) is 14.2. The molecule has 3 aromatic rings. The van der Waals surface area contributed by atoms with Gasteiger partial charge >= 0.3 is 0 Å². The molecule has 0 saturated heterocycles. The summed E-state index contributed by atoms with van der Waals surface area (Å²) >= 11 is 1.83. The molecule has 0 fully saturated rings. The smallest absolute Gasteiger partial charge is 0.267 e. The molecule has 2 aromatic heterocycles. The van der Waals surface area contributed by atoms with Gasteiger partial charge in [0.1, 0.15) is 5.69 Å². The molecule has 1 unspecified atom stereocenters. The summed E-state index contributed by atoms with van der Waals surface area (Å²) in [6.45, 7) is 3.87. The van der Waals surface area contributed by atoms with Crippen molar-refractivity contribution < 1.29 is 9.59 Å². The predicted molar refractivity (Wildman–Crippen MR) is 111 cm³/mol. The topological polar surface area (TPSA) is 65.2 Å². The van der Waals surface area contributed by atoms with Gasteiger partial charge in [-0.1, -0.05) is 30.3 Å². The number of nitrogens with one attached hydrogen (secondary N) is 2. The van der Waals surface area contributed by atoms with Crippen molar-refractivity contribution in [3.8, 4) is 0 Å². The van der Waals surface area contributed by atoms with E-state index in [0.29, 0.717) is 17.8 Å². The number of amides is 1. The van der Waals surface area contributed by atoms with E-state index in [2.05, 4.69) is 38.8 Å². The van der Waals surface area contributed by atoms with Gasteiger partial charge in [0.15, 0.2) is 5.78 Å². The Hall–Kier alpha value is -2.70. The van der Waals surface area contributed by atoms with Gasteiger partial charge in [-0.2, -0.15) is 0 Å². The molecule has 0 aliphatic carbocycles. The summed E-state index contributed by atoms with van der Waals surface area (Å²) in [5.74, 6) is -0.251. The third-order valence-corrected chi connectivity index (χ3v) is 6.28. The molecule has 5 nitrogen and oxygen atoms in total. The van der Waals surface area contributed by atoms with E-state index < -0.39 is 0 Å². The van der Waals surface area contributed by atoms with Gasteiger partial charge < -0.3 is 10.3 Å². The van der Waals surface area contributed by atoms with Crippen LogP contribution in [0.5, 0.6) is 0 Å². The van der Waals surface area contributed by atoms with Gasteiger partial charge in [0.2, 0.25) is 0 Å². The normalized spacial score (nSPS) is 15.0. The zero-order chi connectivity index (χ0) is 19.5. The Balaban J connectivity index is 1.50. The Morgan fingerprint density at radius 2 is 2.07 bits per heavy atom. The number of hydrogen-bond acceptors (Lipinski definition) is 4. The third kappa shape index (κ3) is 3.93. The molecule has 0 radical (unpaired) electrons. The Bertz CT molecular complexity index is 977. The van der Waals surface area contributed by atoms with Gasteiger partial charge in [0.25, 0.3) is 5.91 Å². The number of hydrogen-bond donors (Lipinski definition) is 2. The summed E-state index contributed by atoms with van der Waals surface area (Å²) in [5, 5.41) is 5.20. The molecule has 0 spiro atoms. The van der Waals surface area contributed by atoms with Crippen molar-refractivity contribution in [1.82, 2.24) is 15.2 Å². The molecule has 144 valence electrons. The molecular weight excluding hydrogens is 370 g/mol. The second-order valence-electron chi connectivity index (χ2n) is 7.08. The minimum atomic E-state index is -0.193. The zero-order valence-electron chi connectivity index (χ0n) is 15.8. The molecule has 1 atom stereocenters. The van der Waals surface area contributed by atoms with Crippen LogP contribution in [0.1, 0.15) is 49.8 Å². The maximum Gasteiger partial charge on any atom is 0.267 e. The highest BCUT2D eigenvalue weighted by Gasteiger charge is 2.26. The van der Waals surface area contributed by atoms with E-state index in [4.69, 9.17) is 0 Å². The number of aromatic nitrogens is 1. The number of H-pyrrole nitrogens is 1. The number of aromatic amines is 1. The van der Waals surface area contributed by atoms with Crippen LogP contribution in [-0.2, 0) is 13.0 Å². The molecule has 3 heterocycles. The number of benzene rings is 1. The number of rotatable bonds is 6. The van der Waals surface area contributed by atoms with Crippen LogP contribution >= 0.6 is 11.3 Å². The first-order chi connectivity index (χ1) is 13.6. The van der Waals surface area contributed by atoms with Crippen molar-refractivity contribution in [3.05, 3.63) is 81.3 Å². The number of carbonyl (C=O) groups is 2. The number of carbonyl (C=O) groups excluding carboxylic acids is 2. The van der Waals surface area contributed by atoms with Crippen LogP contribution in [-0.4, -0.2) is 34.7 Å². The zero-order valence-corrected chi connectivity index (χ0v) is 16.6. The Labute approximate surface area is 168 Å². The van der Waals surface area contributed by atoms with Crippen molar-refractivity contribution in [2.75, 3.05) is 13.1 Å². The van der Waals surface area contributed by atoms with Crippen molar-refractivity contribution in [1.29, 1.82) is 0 Å². The van der Waals surface area contributed by atoms with Crippen LogP contribution in [0.2, 0.25) is 0 Å². The summed E-state index contributed by atoms with van der Waals surface area (Å²) in [6.07, 6.45) is 2.62. The number of thiophene rings is 1. The van der Waals surface area contributed by atoms with Gasteiger partial charge in [0.05, 0.1) is 6.04 Å². The molecule has 1 aliphatic heterocycles. The summed E-state index contributed by atoms with van der Waals surface area (Å²) in [4.78, 5) is 30.8. The second kappa shape index (κ2) is 8.12. The lowest BCUT2D eigenvalue weighted by Gasteiger charge is -2.35. The summed E-state index contributed by atoms with van der Waals surface area (Å²) in [5.41, 5.74) is 3.51. The highest BCUT2D eigenvalue weighted by atomic mass is 32.1. The first-order valence-corrected chi connectivity index (χ1v) is 10.3. The fourth-order valence-corrected chi connectivity index (χ4v) is 4.57. The quantitative estimate of drug-likeness (QED) is 0.626. The molecule has 0 bridgehead atoms. The highest BCUT2D eigenvalue weighted by molar-refractivity contribution is 7.10. The van der Waals surface area contributed by atoms with E-state index in [1.54, 1.807) is 12.3 Å². The molecule has 1 aliphatic rings. The van der Waals surface area contributed by atoms with Crippen molar-refractivity contribution in [2.45, 2.75) is 25.9 Å². The van der Waals surface area contributed by atoms with Crippen LogP contribution in [0.25, 0.3) is 0 Å². The van der Waals surface area contributed by atoms with E-state index >= 15 is 0 Å². The highest BCUT2D eigenvalue weighted by Crippen LogP contribution is 2.30. The third-order valence-electron chi connectivity index (χ3n) is 5.25. The molecule has 28 heavy (non-hydrogen) atoms. The van der Waals surface area contributed by atoms with Crippen LogP contribution in [0.3, 0.4) is 0 Å². The first kappa shape index (κ1) is 18.7. The van der Waals surface area contributed by atoms with Gasteiger partial charge in [-0.3, -0.25) is 14.5 Å². The molecule has 4 rings (SSSR count). The number of ketones is 1. The van der Waals surface area contributed by atoms with E-state index in [9.17, 15) is 9.59 Å². The SMILES string of the molecule is CC(=O)c1c[nH]c(C(=O)NCC(c2ccccc2)N2CCc3sccc3C2)c1. The van der Waals surface area contributed by atoms with Crippen LogP contribution in [0.4, 0.5) is 0 Å². The van der Waals surface area contributed by atoms with Crippen LogP contribution in [0, 0.1) is 0 Å². The second-order valence-corrected chi connectivity index (χ2v) is 8.08. The van der Waals surface area contributed by atoms with E-state index in [1.807, 2.05) is 29.5 Å². The van der Waals surface area contributed by atoms with Gasteiger partial charge in [-0.25, -0.2) is 0 Å². The molecule has 0 saturated carbocycles. The van der Waals surface area contributed by atoms with E-state index in [0.717, 1.165) is 19.5 Å². The average Bonchev–Trinajstić information content (AvgIpc) is 3.38. The number of nitrogens with zero attached hydrogens (tertiary/aromatic N) is 1. The molecule has 2 N–H and O–H groups in total. The summed E-state index contributed by atoms with van der Waals surface area (Å²) < 4.78 is 0. The number of fused-ring (bicyclic) bond motifs is 1. The number of Topliss-reactive ketones (excluding diaryl/α,β-unsaturated/α-hetero) is 1. The lowest BCUT2D eigenvalue weighted by atomic mass is 10.0. The fraction of sp³-hybridized carbons (Fsp3) is 0.273. The van der Waals surface area contributed by atoms with Crippen LogP contribution < -0.4 is 5.32 Å². The standard InChI is InChI=1S/C22H23N3O2S/c1-15(26)18-11-19(23-12-18)22(27)24-13-20(16-5-3-2-4-6-16)25-9-7-21-17(14-25)8-10-28-21/h2-6,8,10-12,20,23H,7,9,13-14H2,1H3,(H,24,27). The van der Waals surface area contributed by atoms with Gasteiger partial charge in [-0.15, -0.1) is 11.3 Å². The minimum absolute atomic E-state index is 0.0580. The monoisotopic (exact) mass is 393 g/mol. The maximum absolute atomic E-state index is 12.6. The Morgan fingerprint density at radius 1 is 1.25 bits per heavy atom. The largest absolute Gasteiger partial charge is 0.356 e. The lowest BCUT2D eigenvalue weighted by molar-refractivity contribution is 0.0923. The van der Waals surface area contributed by atoms with Crippen molar-refractivity contribution in [2.24, 2.45) is 0 Å². The molecule has 1 amide bonds. The maximum atomic E-state index is 12.6. The predicted octanol–water partition coefficient (Wildman–Crippen LogP) is 3.81.